The fourth-order valence-electron chi connectivity index (χ4n) is 5.73. The first-order valence-corrected chi connectivity index (χ1v) is 13.8. The third-order valence-electron chi connectivity index (χ3n) is 8.24. The van der Waals surface area contributed by atoms with Crippen LogP contribution in [0.15, 0.2) is 42.5 Å². The molecule has 2 aromatic rings. The smallest absolute Gasteiger partial charge is 0.0159 e. The minimum absolute atomic E-state index is 0.799. The molecule has 0 heteroatoms. The Hall–Kier alpha value is -1.56. The maximum atomic E-state index is 2.49. The molecule has 2 aromatic carbocycles. The highest BCUT2D eigenvalue weighted by atomic mass is 14.3. The maximum absolute atomic E-state index is 2.49. The Balaban J connectivity index is 1.53. The van der Waals surface area contributed by atoms with Crippen LogP contribution >= 0.6 is 0 Å². The van der Waals surface area contributed by atoms with Gasteiger partial charge in [0.15, 0.2) is 0 Å². The van der Waals surface area contributed by atoms with Crippen LogP contribution in [0.3, 0.4) is 0 Å². The summed E-state index contributed by atoms with van der Waals surface area (Å²) in [5.41, 5.74) is 7.80. The van der Waals surface area contributed by atoms with Crippen LogP contribution in [0.2, 0.25) is 0 Å². The van der Waals surface area contributed by atoms with E-state index in [0.29, 0.717) is 0 Å². The van der Waals surface area contributed by atoms with Gasteiger partial charge >= 0.3 is 0 Å². The normalized spacial score (nSPS) is 19.8. The van der Waals surface area contributed by atoms with E-state index in [9.17, 15) is 0 Å². The maximum Gasteiger partial charge on any atom is -0.0159 e. The van der Waals surface area contributed by atoms with Crippen LogP contribution in [-0.4, -0.2) is 0 Å². The number of hydrogen-bond donors (Lipinski definition) is 0. The van der Waals surface area contributed by atoms with Gasteiger partial charge in [0.05, 0.1) is 0 Å². The van der Waals surface area contributed by atoms with E-state index in [2.05, 4.69) is 70.2 Å². The van der Waals surface area contributed by atoms with Gasteiger partial charge in [-0.15, -0.1) is 0 Å². The average molecular weight is 433 g/mol. The number of aryl methyl sites for hydroxylation is 4. The van der Waals surface area contributed by atoms with Gasteiger partial charge in [-0.1, -0.05) is 95.3 Å². The molecule has 1 unspecified atom stereocenters. The lowest BCUT2D eigenvalue weighted by molar-refractivity contribution is 0.302. The van der Waals surface area contributed by atoms with Crippen LogP contribution in [0.5, 0.6) is 0 Å². The molecule has 0 amide bonds. The summed E-state index contributed by atoms with van der Waals surface area (Å²) in [5.74, 6) is 2.62. The summed E-state index contributed by atoms with van der Waals surface area (Å²) in [6.45, 7) is 9.36. The SMILES string of the molecule is CCCCCC1CCC(c2ccc(CCc3ccccc3CCC(C)CC)cc2C)CC1. The molecular formula is C32H48. The van der Waals surface area contributed by atoms with Gasteiger partial charge in [-0.2, -0.15) is 0 Å². The number of benzene rings is 2. The summed E-state index contributed by atoms with van der Waals surface area (Å²) in [5, 5.41) is 0. The van der Waals surface area contributed by atoms with Crippen molar-refractivity contribution in [1.82, 2.24) is 0 Å². The molecule has 1 aliphatic carbocycles. The molecule has 0 spiro atoms. The van der Waals surface area contributed by atoms with Crippen LogP contribution < -0.4 is 0 Å². The van der Waals surface area contributed by atoms with Gasteiger partial charge in [-0.3, -0.25) is 0 Å². The summed E-state index contributed by atoms with van der Waals surface area (Å²) in [6, 6.07) is 16.5. The van der Waals surface area contributed by atoms with Gasteiger partial charge in [0, 0.05) is 0 Å². The molecule has 0 saturated heterocycles. The highest BCUT2D eigenvalue weighted by Gasteiger charge is 2.23. The van der Waals surface area contributed by atoms with Gasteiger partial charge in [-0.25, -0.2) is 0 Å². The van der Waals surface area contributed by atoms with E-state index in [1.165, 1.54) is 88.2 Å². The van der Waals surface area contributed by atoms with Crippen LogP contribution in [0.4, 0.5) is 0 Å². The predicted molar refractivity (Wildman–Crippen MR) is 142 cm³/mol. The Kier molecular flexibility index (Phi) is 10.4. The lowest BCUT2D eigenvalue weighted by Gasteiger charge is -2.30. The quantitative estimate of drug-likeness (QED) is 0.293. The molecule has 0 nitrogen and oxygen atoms in total. The number of rotatable bonds is 12. The summed E-state index contributed by atoms with van der Waals surface area (Å²) >= 11 is 0. The topological polar surface area (TPSA) is 0 Å². The minimum Gasteiger partial charge on any atom is -0.0654 e. The van der Waals surface area contributed by atoms with E-state index in [1.54, 1.807) is 16.7 Å². The first-order chi connectivity index (χ1) is 15.6. The molecule has 1 aliphatic rings. The van der Waals surface area contributed by atoms with Crippen molar-refractivity contribution in [3.8, 4) is 0 Å². The molecule has 1 fully saturated rings. The summed E-state index contributed by atoms with van der Waals surface area (Å²) < 4.78 is 0. The van der Waals surface area contributed by atoms with E-state index < -0.39 is 0 Å². The third-order valence-corrected chi connectivity index (χ3v) is 8.24. The molecule has 1 atom stereocenters. The molecule has 0 aromatic heterocycles. The van der Waals surface area contributed by atoms with E-state index in [-0.39, 0.29) is 0 Å². The molecule has 0 radical (unpaired) electrons. The average Bonchev–Trinajstić information content (AvgIpc) is 2.82. The zero-order chi connectivity index (χ0) is 22.8. The molecule has 1 saturated carbocycles. The lowest BCUT2D eigenvalue weighted by Crippen LogP contribution is -2.14. The summed E-state index contributed by atoms with van der Waals surface area (Å²) in [7, 11) is 0. The van der Waals surface area contributed by atoms with E-state index in [0.717, 1.165) is 24.2 Å². The Bertz CT molecular complexity index is 793. The zero-order valence-corrected chi connectivity index (χ0v) is 21.5. The van der Waals surface area contributed by atoms with E-state index in [1.807, 2.05) is 0 Å². The van der Waals surface area contributed by atoms with Crippen LogP contribution in [0, 0.1) is 18.8 Å². The van der Waals surface area contributed by atoms with Crippen molar-refractivity contribution < 1.29 is 0 Å². The van der Waals surface area contributed by atoms with E-state index in [4.69, 9.17) is 0 Å². The lowest BCUT2D eigenvalue weighted by atomic mass is 9.76. The molecule has 0 bridgehead atoms. The van der Waals surface area contributed by atoms with Gasteiger partial charge in [-0.05, 0) is 104 Å². The van der Waals surface area contributed by atoms with Crippen LogP contribution in [-0.2, 0) is 19.3 Å². The second-order valence-electron chi connectivity index (χ2n) is 10.7. The first-order valence-electron chi connectivity index (χ1n) is 13.8. The molecular weight excluding hydrogens is 384 g/mol. The number of hydrogen-bond acceptors (Lipinski definition) is 0. The van der Waals surface area contributed by atoms with Crippen LogP contribution in [0.25, 0.3) is 0 Å². The number of unbranched alkanes of at least 4 members (excludes halogenated alkanes) is 2. The van der Waals surface area contributed by atoms with Crippen molar-refractivity contribution in [1.29, 1.82) is 0 Å². The molecule has 3 rings (SSSR count). The van der Waals surface area contributed by atoms with Crippen LogP contribution in [0.1, 0.15) is 119 Å². The van der Waals surface area contributed by atoms with Crippen molar-refractivity contribution in [3.05, 3.63) is 70.3 Å². The molecule has 32 heavy (non-hydrogen) atoms. The summed E-state index contributed by atoms with van der Waals surface area (Å²) in [6.07, 6.45) is 17.5. The predicted octanol–water partition coefficient (Wildman–Crippen LogP) is 9.61. The molecule has 0 aliphatic heterocycles. The standard InChI is InChI=1S/C32H48/c1-5-7-8-11-27-15-21-31(22-16-27)32-23-18-28(24-26(32)4)17-20-30-13-10-9-12-29(30)19-14-25(3)6-2/h9-10,12-13,18,23-25,27,31H,5-8,11,14-17,19-22H2,1-4H3. The molecule has 176 valence electrons. The van der Waals surface area contributed by atoms with Crippen molar-refractivity contribution >= 4 is 0 Å². The van der Waals surface area contributed by atoms with Crippen molar-refractivity contribution in [2.24, 2.45) is 11.8 Å². The Labute approximate surface area is 199 Å². The zero-order valence-electron chi connectivity index (χ0n) is 21.5. The highest BCUT2D eigenvalue weighted by molar-refractivity contribution is 5.35. The second-order valence-corrected chi connectivity index (χ2v) is 10.7. The van der Waals surface area contributed by atoms with Gasteiger partial charge in [0.1, 0.15) is 0 Å². The van der Waals surface area contributed by atoms with Gasteiger partial charge in [0.25, 0.3) is 0 Å². The van der Waals surface area contributed by atoms with Gasteiger partial charge < -0.3 is 0 Å². The highest BCUT2D eigenvalue weighted by Crippen LogP contribution is 2.39. The minimum atomic E-state index is 0.799. The van der Waals surface area contributed by atoms with Crippen molar-refractivity contribution in [2.75, 3.05) is 0 Å². The van der Waals surface area contributed by atoms with Crippen molar-refractivity contribution in [3.63, 3.8) is 0 Å². The third kappa shape index (κ3) is 7.50. The second kappa shape index (κ2) is 13.2. The van der Waals surface area contributed by atoms with Gasteiger partial charge in [0.2, 0.25) is 0 Å². The largest absolute Gasteiger partial charge is 0.0654 e. The molecule has 0 heterocycles. The fraction of sp³-hybridized carbons (Fsp3) is 0.625. The van der Waals surface area contributed by atoms with E-state index >= 15 is 0 Å². The monoisotopic (exact) mass is 432 g/mol. The summed E-state index contributed by atoms with van der Waals surface area (Å²) in [4.78, 5) is 0. The Morgan fingerprint density at radius 2 is 1.56 bits per heavy atom. The van der Waals surface area contributed by atoms with Crippen molar-refractivity contribution in [2.45, 2.75) is 117 Å². The first kappa shape index (κ1) is 25.1. The fourth-order valence-corrected chi connectivity index (χ4v) is 5.73. The Morgan fingerprint density at radius 1 is 0.844 bits per heavy atom. The Morgan fingerprint density at radius 3 is 2.22 bits per heavy atom. The molecule has 0 N–H and O–H groups in total.